The van der Waals surface area contributed by atoms with Crippen molar-refractivity contribution < 1.29 is 41.3 Å². The van der Waals surface area contributed by atoms with Crippen molar-refractivity contribution in [1.82, 2.24) is 19.5 Å². The molecule has 0 amide bonds. The minimum absolute atomic E-state index is 0.150. The van der Waals surface area contributed by atoms with E-state index < -0.39 is 23.7 Å². The third-order valence-electron chi connectivity index (χ3n) is 6.99. The highest BCUT2D eigenvalue weighted by Crippen LogP contribution is 2.31. The second-order valence-corrected chi connectivity index (χ2v) is 9.86. The number of benzene rings is 2. The molecule has 0 aliphatic heterocycles. The number of ether oxygens (including phenoxy) is 4. The van der Waals surface area contributed by atoms with Crippen molar-refractivity contribution in [3.05, 3.63) is 101 Å². The number of carbonyl (C=O) groups is 1. The summed E-state index contributed by atoms with van der Waals surface area (Å²) >= 11 is 0. The van der Waals surface area contributed by atoms with Crippen LogP contribution < -0.4 is 9.47 Å². The molecule has 3 heterocycles. The van der Waals surface area contributed by atoms with E-state index in [0.29, 0.717) is 58.0 Å². The maximum atomic E-state index is 15.5. The van der Waals surface area contributed by atoms with Crippen LogP contribution in [-0.2, 0) is 35.2 Å². The molecule has 0 radical (unpaired) electrons. The van der Waals surface area contributed by atoms with Crippen molar-refractivity contribution in [2.45, 2.75) is 25.7 Å². The highest BCUT2D eigenvalue weighted by atomic mass is 19.4. The number of halogens is 4. The van der Waals surface area contributed by atoms with E-state index in [9.17, 15) is 18.0 Å². The molecule has 0 saturated carbocycles. The number of fused-ring (bicyclic) bond motifs is 1. The number of imidazole rings is 1. The molecule has 0 aliphatic carbocycles. The average molecular weight is 625 g/mol. The van der Waals surface area contributed by atoms with Gasteiger partial charge in [-0.15, -0.1) is 0 Å². The molecule has 0 unspecified atom stereocenters. The lowest BCUT2D eigenvalue weighted by molar-refractivity contribution is -0.141. The van der Waals surface area contributed by atoms with Gasteiger partial charge >= 0.3 is 12.1 Å². The quantitative estimate of drug-likeness (QED) is 0.126. The van der Waals surface area contributed by atoms with Crippen LogP contribution >= 0.6 is 0 Å². The van der Waals surface area contributed by atoms with E-state index in [1.807, 2.05) is 4.57 Å². The van der Waals surface area contributed by atoms with Crippen LogP contribution in [0.15, 0.2) is 66.7 Å². The first-order chi connectivity index (χ1) is 21.6. The Labute approximate surface area is 255 Å². The first kappa shape index (κ1) is 31.4. The third-order valence-corrected chi connectivity index (χ3v) is 6.99. The van der Waals surface area contributed by atoms with E-state index in [1.54, 1.807) is 55.6 Å². The Kier molecular flexibility index (Phi) is 9.28. The predicted octanol–water partition coefficient (Wildman–Crippen LogP) is 6.26. The van der Waals surface area contributed by atoms with Gasteiger partial charge in [-0.05, 0) is 48.0 Å². The van der Waals surface area contributed by atoms with Gasteiger partial charge in [0, 0.05) is 31.7 Å². The zero-order valence-corrected chi connectivity index (χ0v) is 24.5. The van der Waals surface area contributed by atoms with Crippen LogP contribution in [0.3, 0.4) is 0 Å². The summed E-state index contributed by atoms with van der Waals surface area (Å²) in [6, 6.07) is 16.8. The SMILES string of the molecule is COCCn1c(Cc2ccc(-c3cccc(OCc4ccc(C(F)(F)F)nc4OC)n3)cc2F)nc2ccc(C(=O)OC)cc21. The number of carbonyl (C=O) groups excluding carboxylic acids is 1. The number of aromatic nitrogens is 4. The van der Waals surface area contributed by atoms with Crippen LogP contribution in [-0.4, -0.2) is 53.4 Å². The first-order valence-electron chi connectivity index (χ1n) is 13.7. The van der Waals surface area contributed by atoms with Crippen molar-refractivity contribution in [1.29, 1.82) is 0 Å². The van der Waals surface area contributed by atoms with Crippen molar-refractivity contribution in [3.63, 3.8) is 0 Å². The molecule has 3 aromatic heterocycles. The van der Waals surface area contributed by atoms with E-state index in [1.165, 1.54) is 26.4 Å². The smallest absolute Gasteiger partial charge is 0.433 e. The highest BCUT2D eigenvalue weighted by molar-refractivity contribution is 5.93. The summed E-state index contributed by atoms with van der Waals surface area (Å²) in [6.07, 6.45) is -4.43. The number of hydrogen-bond donors (Lipinski definition) is 0. The van der Waals surface area contributed by atoms with Crippen molar-refractivity contribution in [2.75, 3.05) is 27.9 Å². The Bertz CT molecular complexity index is 1840. The number of nitrogens with zero attached hydrogens (tertiary/aromatic N) is 4. The van der Waals surface area contributed by atoms with E-state index in [2.05, 4.69) is 15.0 Å². The molecule has 0 saturated heterocycles. The Morgan fingerprint density at radius 1 is 0.911 bits per heavy atom. The molecular formula is C32H28F4N4O5. The molecule has 0 N–H and O–H groups in total. The molecular weight excluding hydrogens is 596 g/mol. The van der Waals surface area contributed by atoms with Gasteiger partial charge in [-0.2, -0.15) is 13.2 Å². The fraction of sp³-hybridized carbons (Fsp3) is 0.250. The summed E-state index contributed by atoms with van der Waals surface area (Å²) < 4.78 is 77.2. The monoisotopic (exact) mass is 624 g/mol. The minimum atomic E-state index is -4.61. The van der Waals surface area contributed by atoms with E-state index in [0.717, 1.165) is 6.07 Å². The molecule has 5 rings (SSSR count). The maximum absolute atomic E-state index is 15.5. The summed E-state index contributed by atoms with van der Waals surface area (Å²) in [4.78, 5) is 24.7. The largest absolute Gasteiger partial charge is 0.481 e. The maximum Gasteiger partial charge on any atom is 0.433 e. The van der Waals surface area contributed by atoms with Crippen LogP contribution in [0.4, 0.5) is 17.6 Å². The highest BCUT2D eigenvalue weighted by Gasteiger charge is 2.33. The lowest BCUT2D eigenvalue weighted by Crippen LogP contribution is -2.10. The normalized spacial score (nSPS) is 11.5. The summed E-state index contributed by atoms with van der Waals surface area (Å²) in [7, 11) is 4.11. The number of hydrogen-bond acceptors (Lipinski definition) is 8. The molecule has 5 aromatic rings. The Morgan fingerprint density at radius 3 is 2.42 bits per heavy atom. The number of alkyl halides is 3. The second-order valence-electron chi connectivity index (χ2n) is 9.86. The van der Waals surface area contributed by atoms with Crippen LogP contribution in [0.5, 0.6) is 11.8 Å². The number of pyridine rings is 2. The number of methoxy groups -OCH3 is 3. The van der Waals surface area contributed by atoms with E-state index in [4.69, 9.17) is 18.9 Å². The summed E-state index contributed by atoms with van der Waals surface area (Å²) in [6.45, 7) is 0.676. The van der Waals surface area contributed by atoms with Crippen molar-refractivity contribution in [2.24, 2.45) is 0 Å². The van der Waals surface area contributed by atoms with Crippen LogP contribution in [0.25, 0.3) is 22.3 Å². The molecule has 234 valence electrons. The van der Waals surface area contributed by atoms with Gasteiger partial charge in [0.15, 0.2) is 0 Å². The molecule has 0 aliphatic rings. The lowest BCUT2D eigenvalue weighted by Gasteiger charge is -2.13. The second kappa shape index (κ2) is 13.3. The van der Waals surface area contributed by atoms with Crippen LogP contribution in [0, 0.1) is 5.82 Å². The summed E-state index contributed by atoms with van der Waals surface area (Å²) in [5.41, 5.74) is 2.27. The summed E-state index contributed by atoms with van der Waals surface area (Å²) in [5, 5.41) is 0. The molecule has 45 heavy (non-hydrogen) atoms. The molecule has 0 atom stereocenters. The van der Waals surface area contributed by atoms with Crippen molar-refractivity contribution in [3.8, 4) is 23.0 Å². The topological polar surface area (TPSA) is 97.6 Å². The fourth-order valence-corrected chi connectivity index (χ4v) is 4.73. The zero-order chi connectivity index (χ0) is 32.1. The van der Waals surface area contributed by atoms with E-state index in [-0.39, 0.29) is 24.8 Å². The van der Waals surface area contributed by atoms with Gasteiger partial charge < -0.3 is 23.5 Å². The first-order valence-corrected chi connectivity index (χ1v) is 13.7. The molecule has 2 aromatic carbocycles. The van der Waals surface area contributed by atoms with Crippen molar-refractivity contribution >= 4 is 17.0 Å². The Morgan fingerprint density at radius 2 is 1.71 bits per heavy atom. The third kappa shape index (κ3) is 7.04. The van der Waals surface area contributed by atoms with Crippen LogP contribution in [0.2, 0.25) is 0 Å². The van der Waals surface area contributed by atoms with Gasteiger partial charge in [0.2, 0.25) is 11.8 Å². The molecule has 0 bridgehead atoms. The van der Waals surface area contributed by atoms with Gasteiger partial charge in [-0.1, -0.05) is 18.2 Å². The van der Waals surface area contributed by atoms with Gasteiger partial charge in [0.05, 0.1) is 48.7 Å². The van der Waals surface area contributed by atoms with Gasteiger partial charge in [-0.3, -0.25) is 0 Å². The van der Waals surface area contributed by atoms with Gasteiger partial charge in [0.25, 0.3) is 0 Å². The average Bonchev–Trinajstić information content (AvgIpc) is 3.38. The van der Waals surface area contributed by atoms with Gasteiger partial charge in [0.1, 0.15) is 23.9 Å². The minimum Gasteiger partial charge on any atom is -0.481 e. The summed E-state index contributed by atoms with van der Waals surface area (Å²) in [5.74, 6) is -0.381. The fourth-order valence-electron chi connectivity index (χ4n) is 4.73. The number of rotatable bonds is 11. The Balaban J connectivity index is 1.35. The molecule has 13 heteroatoms. The lowest BCUT2D eigenvalue weighted by atomic mass is 10.1. The van der Waals surface area contributed by atoms with Crippen LogP contribution in [0.1, 0.15) is 33.0 Å². The zero-order valence-electron chi connectivity index (χ0n) is 24.5. The Hall–Kier alpha value is -5.04. The molecule has 9 nitrogen and oxygen atoms in total. The molecule has 0 spiro atoms. The predicted molar refractivity (Wildman–Crippen MR) is 156 cm³/mol. The molecule has 0 fully saturated rings. The number of esters is 1. The van der Waals surface area contributed by atoms with Gasteiger partial charge in [-0.25, -0.2) is 24.1 Å². The standard InChI is InChI=1S/C32H28F4N4O5/c1-42-14-13-40-26-16-21(31(41)44-3)9-11-25(26)37-28(40)17-19-7-8-20(15-23(19)33)24-5-4-6-29(38-24)45-18-22-10-12-27(32(34,35)36)39-30(22)43-2/h4-12,15-16H,13-14,17-18H2,1-3H3. The van der Waals surface area contributed by atoms with E-state index >= 15 is 4.39 Å².